The first-order chi connectivity index (χ1) is 10.3. The van der Waals surface area contributed by atoms with Crippen molar-refractivity contribution in [1.82, 2.24) is 0 Å². The van der Waals surface area contributed by atoms with Gasteiger partial charge in [-0.3, -0.25) is 0 Å². The van der Waals surface area contributed by atoms with Gasteiger partial charge in [0.25, 0.3) is 0 Å². The third-order valence-electron chi connectivity index (χ3n) is 3.35. The zero-order valence-corrected chi connectivity index (χ0v) is 15.7. The van der Waals surface area contributed by atoms with Gasteiger partial charge in [-0.15, -0.1) is 0 Å². The summed E-state index contributed by atoms with van der Waals surface area (Å²) in [6.45, 7) is 3.55. The number of aliphatic hydroxyl groups excluding tert-OH is 1. The Hall–Kier alpha value is 0.200. The Bertz CT molecular complexity index is 190. The molecule has 0 heterocycles. The third-order valence-corrected chi connectivity index (χ3v) is 3.35. The SMILES string of the molecule is CCCCCCCC/C=C\CCCCCC[CH-]O.[O]=[Au][OH]. The fourth-order valence-electron chi connectivity index (χ4n) is 2.13. The van der Waals surface area contributed by atoms with Crippen molar-refractivity contribution in [3.63, 3.8) is 0 Å². The second kappa shape index (κ2) is 25.2. The Balaban J connectivity index is 0. The zero-order valence-electron chi connectivity index (χ0n) is 13.5. The third kappa shape index (κ3) is 29.0. The van der Waals surface area contributed by atoms with Crippen LogP contribution >= 0.6 is 0 Å². The van der Waals surface area contributed by atoms with Crippen LogP contribution in [0.3, 0.4) is 0 Å². The monoisotopic (exact) mass is 483 g/mol. The van der Waals surface area contributed by atoms with E-state index in [2.05, 4.69) is 19.1 Å². The maximum absolute atomic E-state index is 8.58. The molecule has 0 radical (unpaired) electrons. The first-order valence-electron chi connectivity index (χ1n) is 8.28. The van der Waals surface area contributed by atoms with Crippen molar-refractivity contribution in [2.45, 2.75) is 90.4 Å². The Kier molecular flexibility index (Phi) is 28.1. The number of rotatable bonds is 14. The molecule has 4 heteroatoms. The Morgan fingerprint density at radius 1 is 0.857 bits per heavy atom. The molecule has 0 fully saturated rings. The minimum absolute atomic E-state index is 0.855. The summed E-state index contributed by atoms with van der Waals surface area (Å²) in [6, 6.07) is 0. The van der Waals surface area contributed by atoms with E-state index in [1.165, 1.54) is 77.2 Å². The molecular weight excluding hydrogens is 449 g/mol. The molecule has 0 aliphatic carbocycles. The molecule has 0 unspecified atom stereocenters. The molecule has 0 aliphatic heterocycles. The summed E-state index contributed by atoms with van der Waals surface area (Å²) in [5.41, 5.74) is 0. The normalized spacial score (nSPS) is 10.8. The molecule has 0 aromatic carbocycles. The van der Waals surface area contributed by atoms with Crippen molar-refractivity contribution in [1.29, 1.82) is 0 Å². The van der Waals surface area contributed by atoms with Crippen LogP contribution < -0.4 is 0 Å². The van der Waals surface area contributed by atoms with Crippen LogP contribution in [0.25, 0.3) is 0 Å². The van der Waals surface area contributed by atoms with E-state index >= 15 is 0 Å². The Morgan fingerprint density at radius 3 is 1.76 bits per heavy atom. The van der Waals surface area contributed by atoms with Gasteiger partial charge in [0, 0.05) is 0 Å². The van der Waals surface area contributed by atoms with Crippen molar-refractivity contribution >= 4 is 0 Å². The molecule has 0 bridgehead atoms. The molecule has 0 saturated carbocycles. The van der Waals surface area contributed by atoms with E-state index in [0.717, 1.165) is 12.8 Å². The summed E-state index contributed by atoms with van der Waals surface area (Å²) in [6.07, 6.45) is 21.4. The van der Waals surface area contributed by atoms with Gasteiger partial charge in [0.15, 0.2) is 0 Å². The first-order valence-corrected chi connectivity index (χ1v) is 10.1. The topological polar surface area (TPSA) is 57.5 Å². The molecule has 0 aromatic heterocycles. The zero-order chi connectivity index (χ0) is 16.0. The van der Waals surface area contributed by atoms with Crippen molar-refractivity contribution < 1.29 is 32.1 Å². The number of aliphatic hydroxyl groups is 1. The molecule has 2 N–H and O–H groups in total. The van der Waals surface area contributed by atoms with E-state index in [4.69, 9.17) is 12.0 Å². The van der Waals surface area contributed by atoms with Crippen LogP contribution in [-0.4, -0.2) is 8.72 Å². The second-order valence-electron chi connectivity index (χ2n) is 5.26. The molecule has 0 spiro atoms. The Morgan fingerprint density at radius 2 is 1.29 bits per heavy atom. The number of allylic oxidation sites excluding steroid dienone is 2. The van der Waals surface area contributed by atoms with Gasteiger partial charge in [0.2, 0.25) is 0 Å². The summed E-state index contributed by atoms with van der Waals surface area (Å²) in [7, 11) is 0. The van der Waals surface area contributed by atoms with E-state index < -0.39 is 20.1 Å². The molecule has 132 valence electrons. The van der Waals surface area contributed by atoms with Crippen molar-refractivity contribution in [2.75, 3.05) is 0 Å². The van der Waals surface area contributed by atoms with Gasteiger partial charge in [-0.05, 0) is 25.7 Å². The van der Waals surface area contributed by atoms with E-state index in [1.807, 2.05) is 0 Å². The van der Waals surface area contributed by atoms with Gasteiger partial charge >= 0.3 is 27.0 Å². The molecule has 0 saturated heterocycles. The fraction of sp³-hybridized carbons (Fsp3) is 0.824. The average molecular weight is 483 g/mol. The summed E-state index contributed by atoms with van der Waals surface area (Å²) in [5.74, 6) is 0. The van der Waals surface area contributed by atoms with E-state index in [9.17, 15) is 0 Å². The van der Waals surface area contributed by atoms with Crippen molar-refractivity contribution in [2.24, 2.45) is 0 Å². The van der Waals surface area contributed by atoms with Crippen LogP contribution in [0.15, 0.2) is 12.2 Å². The molecule has 21 heavy (non-hydrogen) atoms. The molecule has 0 aromatic rings. The maximum atomic E-state index is 8.58. The number of unbranched alkanes of at least 4 members (excludes halogenated alkanes) is 11. The quantitative estimate of drug-likeness (QED) is 0.149. The molecule has 0 amide bonds. The van der Waals surface area contributed by atoms with Gasteiger partial charge in [0.1, 0.15) is 0 Å². The van der Waals surface area contributed by atoms with Crippen molar-refractivity contribution in [3.05, 3.63) is 18.8 Å². The number of hydrogen-bond acceptors (Lipinski definition) is 2. The summed E-state index contributed by atoms with van der Waals surface area (Å²) < 4.78 is 15.7. The molecule has 0 atom stereocenters. The first kappa shape index (κ1) is 23.5. The molecule has 0 aliphatic rings. The van der Waals surface area contributed by atoms with Crippen LogP contribution in [0.4, 0.5) is 0 Å². The molecule has 3 nitrogen and oxygen atoms in total. The summed E-state index contributed by atoms with van der Waals surface area (Å²) >= 11 is -1.58. The van der Waals surface area contributed by atoms with Crippen LogP contribution in [0.5, 0.6) is 0 Å². The predicted molar refractivity (Wildman–Crippen MR) is 84.0 cm³/mol. The van der Waals surface area contributed by atoms with E-state index in [1.54, 1.807) is 0 Å². The van der Waals surface area contributed by atoms with Gasteiger partial charge in [-0.2, -0.15) is 6.42 Å². The van der Waals surface area contributed by atoms with E-state index in [0.29, 0.717) is 0 Å². The van der Waals surface area contributed by atoms with E-state index in [-0.39, 0.29) is 0 Å². The van der Waals surface area contributed by atoms with Crippen LogP contribution in [0, 0.1) is 6.61 Å². The average Bonchev–Trinajstić information content (AvgIpc) is 2.48. The molecular formula is C17H34AuO3-. The van der Waals surface area contributed by atoms with Gasteiger partial charge < -0.3 is 5.11 Å². The van der Waals surface area contributed by atoms with Crippen LogP contribution in [0.1, 0.15) is 90.4 Å². The summed E-state index contributed by atoms with van der Waals surface area (Å²) in [4.78, 5) is 0. The second-order valence-corrected chi connectivity index (χ2v) is 5.65. The van der Waals surface area contributed by atoms with Crippen LogP contribution in [0.2, 0.25) is 0 Å². The predicted octanol–water partition coefficient (Wildman–Crippen LogP) is 5.49. The Labute approximate surface area is 141 Å². The number of hydrogen-bond donors (Lipinski definition) is 2. The van der Waals surface area contributed by atoms with Gasteiger partial charge in [0.05, 0.1) is 0 Å². The minimum atomic E-state index is -1.58. The standard InChI is InChI=1S/C17H33O.Au.H2O.O/c1-2-3-4-5-6-7-8-9-10-11-12-13-14-15-16-17-18;;;/h9-10,17-18H,2-8,11-16H2,1H3;;1H2;/q-1;+1;;/p-1/b10-9-;;;. The molecule has 0 rings (SSSR count). The summed E-state index contributed by atoms with van der Waals surface area (Å²) in [5, 5.41) is 8.52. The van der Waals surface area contributed by atoms with Gasteiger partial charge in [-0.25, -0.2) is 6.61 Å². The van der Waals surface area contributed by atoms with Gasteiger partial charge in [-0.1, -0.05) is 70.4 Å². The van der Waals surface area contributed by atoms with Crippen LogP contribution in [-0.2, 0) is 23.4 Å². The fourth-order valence-corrected chi connectivity index (χ4v) is 2.13. The van der Waals surface area contributed by atoms with Crippen molar-refractivity contribution in [3.8, 4) is 0 Å².